The number of halogens is 4. The number of nitrogens with two attached hydrogens (primary N) is 1. The Hall–Kier alpha value is -2.84. The zero-order chi connectivity index (χ0) is 33.3. The second-order valence-corrected chi connectivity index (χ2v) is 15.0. The molecule has 4 amide bonds. The van der Waals surface area contributed by atoms with Crippen molar-refractivity contribution in [2.24, 2.45) is 17.8 Å². The number of rotatable bonds is 7. The Balaban J connectivity index is 1.13. The van der Waals surface area contributed by atoms with Crippen LogP contribution in [-0.2, 0) is 28.7 Å². The van der Waals surface area contributed by atoms with Gasteiger partial charge in [-0.2, -0.15) is 13.2 Å². The highest BCUT2D eigenvalue weighted by molar-refractivity contribution is 9.10. The minimum Gasteiger partial charge on any atom is -0.397 e. The summed E-state index contributed by atoms with van der Waals surface area (Å²) in [5.41, 5.74) is 6.63. The minimum absolute atomic E-state index is 0.00581. The molecule has 0 bridgehead atoms. The van der Waals surface area contributed by atoms with Gasteiger partial charge in [-0.05, 0) is 109 Å². The van der Waals surface area contributed by atoms with E-state index in [4.69, 9.17) is 5.73 Å². The summed E-state index contributed by atoms with van der Waals surface area (Å²) in [5.74, 6) is 0.00984. The molecule has 0 radical (unpaired) electrons. The van der Waals surface area contributed by atoms with Crippen molar-refractivity contribution < 1.29 is 27.6 Å². The number of anilines is 2. The lowest BCUT2D eigenvalue weighted by molar-refractivity contribution is -0.143. The fraction of sp³-hybridized carbons (Fsp3) is 0.606. The van der Waals surface area contributed by atoms with E-state index >= 15 is 0 Å². The van der Waals surface area contributed by atoms with Crippen LogP contribution in [-0.4, -0.2) is 77.9 Å². The average molecular weight is 740 g/mol. The monoisotopic (exact) mass is 738 g/mol. The lowest BCUT2D eigenvalue weighted by Crippen LogP contribution is -2.51. The number of urea groups is 1. The van der Waals surface area contributed by atoms with Gasteiger partial charge in [0.2, 0.25) is 11.8 Å². The zero-order valence-corrected chi connectivity index (χ0v) is 28.7. The Bertz CT molecular complexity index is 1470. The van der Waals surface area contributed by atoms with E-state index in [0.29, 0.717) is 63.0 Å². The van der Waals surface area contributed by atoms with E-state index in [0.717, 1.165) is 56.1 Å². The number of alkyl halides is 3. The van der Waals surface area contributed by atoms with Crippen molar-refractivity contribution in [3.63, 3.8) is 0 Å². The SMILES string of the molecule is Nc1c(Br)cc(C[C@@H](CC(=O)N2CCC(N3Cc4cscc4NC3=O)CC2)C(=O)N2CCC(C3CCNCC3)CC2)cc1C(F)(F)F. The zero-order valence-electron chi connectivity index (χ0n) is 26.3. The Labute approximate surface area is 285 Å². The summed E-state index contributed by atoms with van der Waals surface area (Å²) < 4.78 is 41.6. The summed E-state index contributed by atoms with van der Waals surface area (Å²) in [5, 5.41) is 10.3. The number of amides is 4. The first kappa shape index (κ1) is 34.0. The number of nitrogen functional groups attached to an aromatic ring is 1. The molecular formula is C33H42BrF3N6O3S. The summed E-state index contributed by atoms with van der Waals surface area (Å²) in [6.07, 6.45) is 0.532. The number of benzene rings is 1. The molecular weight excluding hydrogens is 697 g/mol. The van der Waals surface area contributed by atoms with Crippen molar-refractivity contribution in [1.82, 2.24) is 20.0 Å². The average Bonchev–Trinajstić information content (AvgIpc) is 3.52. The molecule has 0 unspecified atom stereocenters. The predicted molar refractivity (Wildman–Crippen MR) is 179 cm³/mol. The van der Waals surface area contributed by atoms with Gasteiger partial charge >= 0.3 is 12.2 Å². The number of nitrogens with one attached hydrogen (secondary N) is 2. The molecule has 1 aromatic carbocycles. The fourth-order valence-corrected chi connectivity index (χ4v) is 9.07. The van der Waals surface area contributed by atoms with E-state index in [-0.39, 0.29) is 41.2 Å². The second kappa shape index (κ2) is 14.3. The standard InChI is InChI=1S/C33H42BrF3N6O3S/c34-27-15-20(14-26(30(27)38)33(35,36)37)13-23(31(45)42-9-3-22(4-10-42)21-1-7-39-8-2-21)16-29(44)41-11-5-25(6-12-41)43-17-24-18-47-19-28(24)40-32(43)46/h14-15,18-19,21-23,25,39H,1-13,16-17,38H2,(H,40,46)/t23-/m0/s1. The van der Waals surface area contributed by atoms with Gasteiger partial charge in [0.25, 0.3) is 0 Å². The predicted octanol–water partition coefficient (Wildman–Crippen LogP) is 5.94. The molecule has 4 N–H and O–H groups in total. The molecule has 5 heterocycles. The number of nitrogens with zero attached hydrogens (tertiary/aromatic N) is 3. The molecule has 47 heavy (non-hydrogen) atoms. The highest BCUT2D eigenvalue weighted by Crippen LogP contribution is 2.39. The third-order valence-corrected chi connectivity index (χ3v) is 11.9. The van der Waals surface area contributed by atoms with Gasteiger partial charge < -0.3 is 31.1 Å². The number of likely N-dealkylation sites (tertiary alicyclic amines) is 2. The Kier molecular flexibility index (Phi) is 10.4. The molecule has 0 aliphatic carbocycles. The van der Waals surface area contributed by atoms with Crippen molar-refractivity contribution in [1.29, 1.82) is 0 Å². The smallest absolute Gasteiger partial charge is 0.397 e. The number of fused-ring (bicyclic) bond motifs is 1. The van der Waals surface area contributed by atoms with Crippen LogP contribution in [0.4, 0.5) is 29.3 Å². The molecule has 9 nitrogen and oxygen atoms in total. The normalized spacial score (nSPS) is 21.0. The molecule has 6 rings (SSSR count). The molecule has 3 saturated heterocycles. The van der Waals surface area contributed by atoms with Crippen LogP contribution < -0.4 is 16.4 Å². The van der Waals surface area contributed by atoms with E-state index in [1.54, 1.807) is 16.2 Å². The van der Waals surface area contributed by atoms with Crippen LogP contribution >= 0.6 is 27.3 Å². The summed E-state index contributed by atoms with van der Waals surface area (Å²) in [4.78, 5) is 45.9. The second-order valence-electron chi connectivity index (χ2n) is 13.4. The van der Waals surface area contributed by atoms with Crippen LogP contribution in [0.2, 0.25) is 0 Å². The van der Waals surface area contributed by atoms with Crippen molar-refractivity contribution in [2.75, 3.05) is 50.3 Å². The maximum absolute atomic E-state index is 14.0. The lowest BCUT2D eigenvalue weighted by atomic mass is 9.79. The van der Waals surface area contributed by atoms with Crippen LogP contribution in [0.3, 0.4) is 0 Å². The number of hydrogen-bond donors (Lipinski definition) is 3. The third-order valence-electron chi connectivity index (χ3n) is 10.5. The van der Waals surface area contributed by atoms with Crippen LogP contribution in [0.5, 0.6) is 0 Å². The van der Waals surface area contributed by atoms with Crippen molar-refractivity contribution in [2.45, 2.75) is 70.1 Å². The molecule has 2 aromatic rings. The fourth-order valence-electron chi connectivity index (χ4n) is 7.78. The summed E-state index contributed by atoms with van der Waals surface area (Å²) >= 11 is 4.71. The molecule has 256 valence electrons. The highest BCUT2D eigenvalue weighted by Gasteiger charge is 2.38. The number of thiophene rings is 1. The van der Waals surface area contributed by atoms with Gasteiger partial charge in [-0.15, -0.1) is 11.3 Å². The first-order valence-electron chi connectivity index (χ1n) is 16.5. The van der Waals surface area contributed by atoms with Crippen molar-refractivity contribution in [3.05, 3.63) is 44.1 Å². The Morgan fingerprint density at radius 1 is 0.979 bits per heavy atom. The van der Waals surface area contributed by atoms with Gasteiger partial charge in [-0.25, -0.2) is 4.79 Å². The van der Waals surface area contributed by atoms with Gasteiger partial charge in [0, 0.05) is 54.1 Å². The molecule has 4 aliphatic rings. The van der Waals surface area contributed by atoms with Crippen molar-refractivity contribution in [3.8, 4) is 0 Å². The minimum atomic E-state index is -4.66. The van der Waals surface area contributed by atoms with Gasteiger partial charge in [0.1, 0.15) is 0 Å². The molecule has 14 heteroatoms. The summed E-state index contributed by atoms with van der Waals surface area (Å²) in [6.45, 7) is 4.63. The molecule has 3 fully saturated rings. The number of carbonyl (C=O) groups is 3. The first-order valence-corrected chi connectivity index (χ1v) is 18.3. The topological polar surface area (TPSA) is 111 Å². The molecule has 0 saturated carbocycles. The Morgan fingerprint density at radius 2 is 1.64 bits per heavy atom. The van der Waals surface area contributed by atoms with Gasteiger partial charge in [-0.1, -0.05) is 0 Å². The van der Waals surface area contributed by atoms with E-state index < -0.39 is 23.3 Å². The van der Waals surface area contributed by atoms with Crippen LogP contribution in [0.25, 0.3) is 0 Å². The third kappa shape index (κ3) is 7.75. The molecule has 1 aromatic heterocycles. The quantitative estimate of drug-likeness (QED) is 0.305. The van der Waals surface area contributed by atoms with Gasteiger partial charge in [0.15, 0.2) is 0 Å². The van der Waals surface area contributed by atoms with E-state index in [2.05, 4.69) is 26.6 Å². The van der Waals surface area contributed by atoms with Gasteiger partial charge in [-0.3, -0.25) is 9.59 Å². The molecule has 1 atom stereocenters. The lowest BCUT2D eigenvalue weighted by Gasteiger charge is -2.41. The maximum Gasteiger partial charge on any atom is 0.418 e. The van der Waals surface area contributed by atoms with Crippen molar-refractivity contribution >= 4 is 56.5 Å². The van der Waals surface area contributed by atoms with E-state index in [9.17, 15) is 27.6 Å². The van der Waals surface area contributed by atoms with E-state index in [1.165, 1.54) is 6.07 Å². The maximum atomic E-state index is 14.0. The van der Waals surface area contributed by atoms with Gasteiger partial charge in [0.05, 0.1) is 29.4 Å². The molecule has 4 aliphatic heterocycles. The number of hydrogen-bond acceptors (Lipinski definition) is 6. The number of carbonyl (C=O) groups excluding carboxylic acids is 3. The van der Waals surface area contributed by atoms with Crippen LogP contribution in [0.1, 0.15) is 61.6 Å². The Morgan fingerprint density at radius 3 is 2.32 bits per heavy atom. The van der Waals surface area contributed by atoms with Crippen LogP contribution in [0, 0.1) is 17.8 Å². The summed E-state index contributed by atoms with van der Waals surface area (Å²) in [7, 11) is 0. The number of piperidine rings is 3. The van der Waals surface area contributed by atoms with Crippen LogP contribution in [0.15, 0.2) is 27.4 Å². The largest absolute Gasteiger partial charge is 0.418 e. The first-order chi connectivity index (χ1) is 22.5. The van der Waals surface area contributed by atoms with E-state index in [1.807, 2.05) is 20.6 Å². The summed E-state index contributed by atoms with van der Waals surface area (Å²) in [6, 6.07) is 2.37. The highest BCUT2D eigenvalue weighted by atomic mass is 79.9. The molecule has 0 spiro atoms.